The molecule has 138 valence electrons. The molecule has 0 bridgehead atoms. The van der Waals surface area contributed by atoms with Crippen LogP contribution in [-0.2, 0) is 6.42 Å². The van der Waals surface area contributed by atoms with Crippen molar-refractivity contribution < 1.29 is 0 Å². The van der Waals surface area contributed by atoms with Gasteiger partial charge >= 0.3 is 0 Å². The third kappa shape index (κ3) is 5.77. The summed E-state index contributed by atoms with van der Waals surface area (Å²) in [7, 11) is 3.52. The largest absolute Gasteiger partial charge is 0.303 e. The molecule has 0 N–H and O–H groups in total. The summed E-state index contributed by atoms with van der Waals surface area (Å²) in [6, 6.07) is 30.5. The molecule has 2 nitrogen and oxygen atoms in total. The summed E-state index contributed by atoms with van der Waals surface area (Å²) >= 11 is 0. The number of hydrazone groups is 1. The lowest BCUT2D eigenvalue weighted by atomic mass is 10.1. The average molecular weight is 374 g/mol. The molecular formula is C24H27N2P. The second-order valence-corrected chi connectivity index (χ2v) is 9.14. The van der Waals surface area contributed by atoms with Gasteiger partial charge in [-0.15, -0.1) is 0 Å². The van der Waals surface area contributed by atoms with E-state index in [-0.39, 0.29) is 0 Å². The predicted molar refractivity (Wildman–Crippen MR) is 120 cm³/mol. The molecule has 3 aromatic carbocycles. The highest BCUT2D eigenvalue weighted by molar-refractivity contribution is 7.73. The maximum Gasteiger partial charge on any atom is 0.0473 e. The van der Waals surface area contributed by atoms with Gasteiger partial charge in [0.25, 0.3) is 0 Å². The Balaban J connectivity index is 1.91. The van der Waals surface area contributed by atoms with Gasteiger partial charge in [-0.3, -0.25) is 0 Å². The molecule has 0 atom stereocenters. The van der Waals surface area contributed by atoms with Crippen LogP contribution in [0.15, 0.2) is 90.0 Å². The highest BCUT2D eigenvalue weighted by atomic mass is 31.1. The fourth-order valence-electron chi connectivity index (χ4n) is 3.08. The second-order valence-electron chi connectivity index (χ2n) is 6.93. The van der Waals surface area contributed by atoms with Gasteiger partial charge in [0.05, 0.1) is 0 Å². The Morgan fingerprint density at radius 1 is 0.778 bits per heavy atom. The molecule has 0 fully saturated rings. The number of nitrogens with zero attached hydrogens (tertiary/aromatic N) is 2. The molecule has 0 spiro atoms. The van der Waals surface area contributed by atoms with Gasteiger partial charge in [-0.2, -0.15) is 5.10 Å². The Labute approximate surface area is 164 Å². The average Bonchev–Trinajstić information content (AvgIpc) is 2.68. The maximum atomic E-state index is 4.85. The van der Waals surface area contributed by atoms with E-state index in [0.717, 1.165) is 12.6 Å². The molecule has 27 heavy (non-hydrogen) atoms. The zero-order valence-corrected chi connectivity index (χ0v) is 17.2. The van der Waals surface area contributed by atoms with Crippen LogP contribution in [-0.4, -0.2) is 31.0 Å². The van der Waals surface area contributed by atoms with Crippen molar-refractivity contribution in [1.82, 2.24) is 5.01 Å². The lowest BCUT2D eigenvalue weighted by molar-refractivity contribution is 0.436. The quantitative estimate of drug-likeness (QED) is 0.336. The summed E-state index contributed by atoms with van der Waals surface area (Å²) in [5.41, 5.74) is 3.83. The van der Waals surface area contributed by atoms with Crippen LogP contribution in [0.4, 0.5) is 0 Å². The Morgan fingerprint density at radius 3 is 1.78 bits per heavy atom. The van der Waals surface area contributed by atoms with E-state index in [2.05, 4.69) is 91.9 Å². The summed E-state index contributed by atoms with van der Waals surface area (Å²) in [5.74, 6) is 0. The van der Waals surface area contributed by atoms with Gasteiger partial charge in [0, 0.05) is 32.4 Å². The van der Waals surface area contributed by atoms with Crippen molar-refractivity contribution in [1.29, 1.82) is 0 Å². The summed E-state index contributed by atoms with van der Waals surface area (Å²) in [6.07, 6.45) is 1.85. The van der Waals surface area contributed by atoms with Gasteiger partial charge in [-0.25, -0.2) is 0 Å². The van der Waals surface area contributed by atoms with Crippen LogP contribution in [0.5, 0.6) is 0 Å². The molecule has 0 saturated heterocycles. The minimum absolute atomic E-state index is 0.481. The van der Waals surface area contributed by atoms with Crippen molar-refractivity contribution in [3.05, 3.63) is 96.1 Å². The Bertz CT molecular complexity index is 816. The lowest BCUT2D eigenvalue weighted by Gasteiger charge is -2.21. The first-order valence-corrected chi connectivity index (χ1v) is 10.8. The number of hydrogen-bond acceptors (Lipinski definition) is 2. The lowest BCUT2D eigenvalue weighted by Crippen LogP contribution is -2.21. The monoisotopic (exact) mass is 374 g/mol. The normalized spacial score (nSPS) is 11.6. The molecular weight excluding hydrogens is 347 g/mol. The molecule has 0 unspecified atom stereocenters. The summed E-state index contributed by atoms with van der Waals surface area (Å²) < 4.78 is 0. The third-order valence-electron chi connectivity index (χ3n) is 4.35. The minimum Gasteiger partial charge on any atom is -0.303 e. The first-order valence-electron chi connectivity index (χ1n) is 9.28. The second kappa shape index (κ2) is 9.48. The fraction of sp³-hybridized carbons (Fsp3) is 0.208. The fourth-order valence-corrected chi connectivity index (χ4v) is 5.34. The standard InChI is InChI=1S/C24H27N2P/c1-20-14-16-21(17-15-20)18-22(25-26(2)3)19-27(23-10-6-4-7-11-23)24-12-8-5-9-13-24/h4-17H,18-19H2,1-3H3/b25-22+. The molecule has 3 rings (SSSR count). The number of benzene rings is 3. The molecule has 3 heteroatoms. The van der Waals surface area contributed by atoms with Crippen LogP contribution >= 0.6 is 7.92 Å². The highest BCUT2D eigenvalue weighted by Gasteiger charge is 2.17. The molecule has 0 heterocycles. The van der Waals surface area contributed by atoms with Crippen molar-refractivity contribution in [3.63, 3.8) is 0 Å². The van der Waals surface area contributed by atoms with Gasteiger partial charge in [-0.05, 0) is 31.0 Å². The van der Waals surface area contributed by atoms with E-state index >= 15 is 0 Å². The van der Waals surface area contributed by atoms with Gasteiger partial charge in [0.1, 0.15) is 0 Å². The van der Waals surface area contributed by atoms with Gasteiger partial charge in [-0.1, -0.05) is 90.5 Å². The SMILES string of the molecule is Cc1ccc(C/C(CP(c2ccccc2)c2ccccc2)=N\N(C)C)cc1. The Morgan fingerprint density at radius 2 is 1.30 bits per heavy atom. The number of aryl methyl sites for hydroxylation is 1. The maximum absolute atomic E-state index is 4.85. The van der Waals surface area contributed by atoms with E-state index in [4.69, 9.17) is 5.10 Å². The van der Waals surface area contributed by atoms with E-state index in [1.807, 2.05) is 19.1 Å². The smallest absolute Gasteiger partial charge is 0.0473 e. The van der Waals surface area contributed by atoms with Crippen molar-refractivity contribution in [2.24, 2.45) is 5.10 Å². The predicted octanol–water partition coefficient (Wildman–Crippen LogP) is 4.59. The van der Waals surface area contributed by atoms with E-state index in [1.54, 1.807) is 0 Å². The van der Waals surface area contributed by atoms with Crippen LogP contribution in [0.3, 0.4) is 0 Å². The Kier molecular flexibility index (Phi) is 6.79. The molecule has 0 aliphatic rings. The molecule has 0 aliphatic heterocycles. The summed E-state index contributed by atoms with van der Waals surface area (Å²) in [4.78, 5) is 0. The van der Waals surface area contributed by atoms with Gasteiger partial charge < -0.3 is 5.01 Å². The van der Waals surface area contributed by atoms with E-state index in [1.165, 1.54) is 27.4 Å². The first kappa shape index (κ1) is 19.3. The minimum atomic E-state index is -0.481. The van der Waals surface area contributed by atoms with Gasteiger partial charge in [0.15, 0.2) is 0 Å². The number of hydrogen-bond donors (Lipinski definition) is 0. The third-order valence-corrected chi connectivity index (χ3v) is 6.87. The van der Waals surface area contributed by atoms with Crippen LogP contribution in [0.1, 0.15) is 11.1 Å². The van der Waals surface area contributed by atoms with E-state index < -0.39 is 7.92 Å². The van der Waals surface area contributed by atoms with Gasteiger partial charge in [0.2, 0.25) is 0 Å². The van der Waals surface area contributed by atoms with Crippen LogP contribution < -0.4 is 10.6 Å². The van der Waals surface area contributed by atoms with Crippen LogP contribution in [0, 0.1) is 6.92 Å². The molecule has 0 saturated carbocycles. The topological polar surface area (TPSA) is 15.6 Å². The molecule has 0 aromatic heterocycles. The van der Waals surface area contributed by atoms with Crippen molar-refractivity contribution in [2.45, 2.75) is 13.3 Å². The Hall–Kier alpha value is -2.44. The molecule has 3 aromatic rings. The highest BCUT2D eigenvalue weighted by Crippen LogP contribution is 2.34. The van der Waals surface area contributed by atoms with Crippen LogP contribution in [0.2, 0.25) is 0 Å². The summed E-state index contributed by atoms with van der Waals surface area (Å²) in [5, 5.41) is 9.57. The zero-order valence-electron chi connectivity index (χ0n) is 16.3. The van der Waals surface area contributed by atoms with Crippen molar-refractivity contribution in [3.8, 4) is 0 Å². The van der Waals surface area contributed by atoms with E-state index in [0.29, 0.717) is 0 Å². The summed E-state index contributed by atoms with van der Waals surface area (Å²) in [6.45, 7) is 2.13. The molecule has 0 amide bonds. The zero-order chi connectivity index (χ0) is 19.1. The van der Waals surface area contributed by atoms with Crippen molar-refractivity contribution in [2.75, 3.05) is 20.3 Å². The number of rotatable bonds is 7. The molecule has 0 aliphatic carbocycles. The molecule has 0 radical (unpaired) electrons. The van der Waals surface area contributed by atoms with Crippen molar-refractivity contribution >= 4 is 24.2 Å². The van der Waals surface area contributed by atoms with E-state index in [9.17, 15) is 0 Å². The van der Waals surface area contributed by atoms with Crippen LogP contribution in [0.25, 0.3) is 0 Å². The first-order chi connectivity index (χ1) is 13.1.